The standard InChI is InChI=1S/C25H22O4/c1-16-8-9-17(2)19(12-16)15-28-20-10-11-21-23(14-20)29-24(25(21)26)13-18-6-4-5-7-22(18)27-3/h4-14H,15H2,1-3H3/b24-13-. The number of Topliss-reactive ketones (excluding diaryl/α,β-unsaturated/α-hetero) is 1. The van der Waals surface area contributed by atoms with Crippen molar-refractivity contribution in [2.24, 2.45) is 0 Å². The van der Waals surface area contributed by atoms with Crippen LogP contribution in [0.25, 0.3) is 6.08 Å². The minimum absolute atomic E-state index is 0.146. The summed E-state index contributed by atoms with van der Waals surface area (Å²) in [6.07, 6.45) is 1.71. The quantitative estimate of drug-likeness (QED) is 0.543. The van der Waals surface area contributed by atoms with Crippen molar-refractivity contribution in [1.82, 2.24) is 0 Å². The maximum absolute atomic E-state index is 12.7. The van der Waals surface area contributed by atoms with Crippen molar-refractivity contribution in [2.75, 3.05) is 7.11 Å². The fourth-order valence-electron chi connectivity index (χ4n) is 3.30. The van der Waals surface area contributed by atoms with Gasteiger partial charge < -0.3 is 14.2 Å². The second-order valence-electron chi connectivity index (χ2n) is 7.06. The van der Waals surface area contributed by atoms with E-state index in [0.29, 0.717) is 29.4 Å². The summed E-state index contributed by atoms with van der Waals surface area (Å²) in [5.74, 6) is 1.98. The fourth-order valence-corrected chi connectivity index (χ4v) is 3.30. The number of fused-ring (bicyclic) bond motifs is 1. The molecule has 0 aromatic heterocycles. The van der Waals surface area contributed by atoms with Gasteiger partial charge in [-0.3, -0.25) is 4.79 Å². The summed E-state index contributed by atoms with van der Waals surface area (Å²) in [6, 6.07) is 19.1. The van der Waals surface area contributed by atoms with Crippen molar-refractivity contribution in [3.63, 3.8) is 0 Å². The van der Waals surface area contributed by atoms with Crippen LogP contribution in [0.4, 0.5) is 0 Å². The maximum Gasteiger partial charge on any atom is 0.231 e. The molecular formula is C25H22O4. The Balaban J connectivity index is 1.54. The maximum atomic E-state index is 12.7. The molecule has 3 aromatic rings. The van der Waals surface area contributed by atoms with Crippen molar-refractivity contribution in [3.05, 3.63) is 94.2 Å². The summed E-state index contributed by atoms with van der Waals surface area (Å²) in [5, 5.41) is 0. The minimum atomic E-state index is -0.146. The third-order valence-electron chi connectivity index (χ3n) is 4.97. The van der Waals surface area contributed by atoms with E-state index in [0.717, 1.165) is 11.1 Å². The molecule has 0 amide bonds. The van der Waals surface area contributed by atoms with Gasteiger partial charge >= 0.3 is 0 Å². The molecule has 1 heterocycles. The lowest BCUT2D eigenvalue weighted by atomic mass is 10.1. The smallest absolute Gasteiger partial charge is 0.231 e. The van der Waals surface area contributed by atoms with Crippen molar-refractivity contribution < 1.29 is 19.0 Å². The lowest BCUT2D eigenvalue weighted by molar-refractivity contribution is 0.101. The van der Waals surface area contributed by atoms with Crippen LogP contribution in [0.1, 0.15) is 32.6 Å². The molecule has 29 heavy (non-hydrogen) atoms. The number of methoxy groups -OCH3 is 1. The highest BCUT2D eigenvalue weighted by Crippen LogP contribution is 2.36. The first-order valence-electron chi connectivity index (χ1n) is 9.45. The molecule has 0 aliphatic carbocycles. The molecule has 4 nitrogen and oxygen atoms in total. The Kier molecular flexibility index (Phi) is 5.09. The van der Waals surface area contributed by atoms with Crippen LogP contribution < -0.4 is 14.2 Å². The third-order valence-corrected chi connectivity index (χ3v) is 4.97. The first-order valence-corrected chi connectivity index (χ1v) is 9.45. The Bertz CT molecular complexity index is 1110. The van der Waals surface area contributed by atoms with Crippen molar-refractivity contribution in [2.45, 2.75) is 20.5 Å². The Morgan fingerprint density at radius 3 is 2.66 bits per heavy atom. The zero-order valence-corrected chi connectivity index (χ0v) is 16.7. The van der Waals surface area contributed by atoms with E-state index in [1.165, 1.54) is 11.1 Å². The Labute approximate surface area is 170 Å². The highest BCUT2D eigenvalue weighted by atomic mass is 16.5. The molecule has 0 spiro atoms. The average molecular weight is 386 g/mol. The summed E-state index contributed by atoms with van der Waals surface area (Å²) < 4.78 is 17.1. The van der Waals surface area contributed by atoms with Gasteiger partial charge in [-0.05, 0) is 49.2 Å². The van der Waals surface area contributed by atoms with Gasteiger partial charge in [0.2, 0.25) is 5.78 Å². The first-order chi connectivity index (χ1) is 14.0. The van der Waals surface area contributed by atoms with E-state index in [-0.39, 0.29) is 11.5 Å². The van der Waals surface area contributed by atoms with Crippen LogP contribution in [0.3, 0.4) is 0 Å². The van der Waals surface area contributed by atoms with E-state index >= 15 is 0 Å². The number of carbonyl (C=O) groups excluding carboxylic acids is 1. The number of ketones is 1. The normalized spacial score (nSPS) is 13.9. The molecule has 0 atom stereocenters. The van der Waals surface area contributed by atoms with E-state index in [4.69, 9.17) is 14.2 Å². The molecule has 3 aromatic carbocycles. The molecular weight excluding hydrogens is 364 g/mol. The van der Waals surface area contributed by atoms with Gasteiger partial charge in [0.1, 0.15) is 23.9 Å². The number of hydrogen-bond donors (Lipinski definition) is 0. The molecule has 0 bridgehead atoms. The van der Waals surface area contributed by atoms with Crippen LogP contribution >= 0.6 is 0 Å². The van der Waals surface area contributed by atoms with Crippen LogP contribution in [0, 0.1) is 13.8 Å². The molecule has 146 valence electrons. The van der Waals surface area contributed by atoms with Crippen molar-refractivity contribution in [3.8, 4) is 17.2 Å². The lowest BCUT2D eigenvalue weighted by Crippen LogP contribution is -1.99. The molecule has 0 saturated heterocycles. The zero-order valence-electron chi connectivity index (χ0n) is 16.7. The average Bonchev–Trinajstić information content (AvgIpc) is 3.04. The van der Waals surface area contributed by atoms with E-state index in [1.54, 1.807) is 31.4 Å². The number of hydrogen-bond acceptors (Lipinski definition) is 4. The van der Waals surface area contributed by atoms with Gasteiger partial charge in [-0.2, -0.15) is 0 Å². The molecule has 1 aliphatic rings. The molecule has 0 N–H and O–H groups in total. The molecule has 0 fully saturated rings. The summed E-state index contributed by atoms with van der Waals surface area (Å²) in [6.45, 7) is 4.59. The number of para-hydroxylation sites is 1. The van der Waals surface area contributed by atoms with E-state index in [1.807, 2.05) is 24.3 Å². The lowest BCUT2D eigenvalue weighted by Gasteiger charge is -2.10. The van der Waals surface area contributed by atoms with Gasteiger partial charge in [-0.25, -0.2) is 0 Å². The SMILES string of the molecule is COc1ccccc1/C=C1\Oc2cc(OCc3cc(C)ccc3C)ccc2C1=O. The molecule has 0 unspecified atom stereocenters. The molecule has 0 saturated carbocycles. The van der Waals surface area contributed by atoms with Crippen LogP contribution in [0.2, 0.25) is 0 Å². The highest BCUT2D eigenvalue weighted by Gasteiger charge is 2.28. The van der Waals surface area contributed by atoms with E-state index in [9.17, 15) is 4.79 Å². The van der Waals surface area contributed by atoms with Crippen LogP contribution in [0.15, 0.2) is 66.4 Å². The molecule has 0 radical (unpaired) electrons. The van der Waals surface area contributed by atoms with Crippen LogP contribution in [0.5, 0.6) is 17.2 Å². The summed E-state index contributed by atoms with van der Waals surface area (Å²) in [7, 11) is 1.60. The summed E-state index contributed by atoms with van der Waals surface area (Å²) >= 11 is 0. The predicted octanol–water partition coefficient (Wildman–Crippen LogP) is 5.51. The Morgan fingerprint density at radius 2 is 1.83 bits per heavy atom. The van der Waals surface area contributed by atoms with Gasteiger partial charge in [0.15, 0.2) is 5.76 Å². The zero-order chi connectivity index (χ0) is 20.4. The van der Waals surface area contributed by atoms with Gasteiger partial charge in [-0.1, -0.05) is 42.0 Å². The third kappa shape index (κ3) is 3.87. The molecule has 4 heteroatoms. The predicted molar refractivity (Wildman–Crippen MR) is 113 cm³/mol. The van der Waals surface area contributed by atoms with Crippen molar-refractivity contribution in [1.29, 1.82) is 0 Å². The second kappa shape index (κ2) is 7.84. The number of aryl methyl sites for hydroxylation is 2. The number of ether oxygens (including phenoxy) is 3. The monoisotopic (exact) mass is 386 g/mol. The van der Waals surface area contributed by atoms with Crippen LogP contribution in [-0.4, -0.2) is 12.9 Å². The number of benzene rings is 3. The largest absolute Gasteiger partial charge is 0.496 e. The highest BCUT2D eigenvalue weighted by molar-refractivity contribution is 6.14. The number of allylic oxidation sites excluding steroid dienone is 1. The van der Waals surface area contributed by atoms with Gasteiger partial charge in [0, 0.05) is 11.6 Å². The first kappa shape index (κ1) is 18.8. The Morgan fingerprint density at radius 1 is 1.00 bits per heavy atom. The summed E-state index contributed by atoms with van der Waals surface area (Å²) in [5.41, 5.74) is 4.84. The van der Waals surface area contributed by atoms with Crippen molar-refractivity contribution >= 4 is 11.9 Å². The summed E-state index contributed by atoms with van der Waals surface area (Å²) in [4.78, 5) is 12.7. The van der Waals surface area contributed by atoms with E-state index < -0.39 is 0 Å². The number of carbonyl (C=O) groups is 1. The van der Waals surface area contributed by atoms with Gasteiger partial charge in [-0.15, -0.1) is 0 Å². The molecule has 4 rings (SSSR count). The topological polar surface area (TPSA) is 44.8 Å². The van der Waals surface area contributed by atoms with Gasteiger partial charge in [0.25, 0.3) is 0 Å². The van der Waals surface area contributed by atoms with E-state index in [2.05, 4.69) is 32.0 Å². The fraction of sp³-hybridized carbons (Fsp3) is 0.160. The minimum Gasteiger partial charge on any atom is -0.496 e. The van der Waals surface area contributed by atoms with Crippen LogP contribution in [-0.2, 0) is 6.61 Å². The van der Waals surface area contributed by atoms with Gasteiger partial charge in [0.05, 0.1) is 12.7 Å². The number of rotatable bonds is 5. The molecule has 1 aliphatic heterocycles. The Hall–Kier alpha value is -3.53. The second-order valence-corrected chi connectivity index (χ2v) is 7.06.